The lowest BCUT2D eigenvalue weighted by Gasteiger charge is -2.27. The Hall–Kier alpha value is -0.690. The zero-order chi connectivity index (χ0) is 13.9. The van der Waals surface area contributed by atoms with Crippen LogP contribution >= 0.6 is 15.9 Å². The number of sulfonamides is 1. The zero-order valence-corrected chi connectivity index (χ0v) is 12.7. The van der Waals surface area contributed by atoms with Crippen LogP contribution in [0.25, 0.3) is 0 Å². The summed E-state index contributed by atoms with van der Waals surface area (Å²) in [6.45, 7) is -0.00678. The molecule has 2 N–H and O–H groups in total. The second-order valence-corrected chi connectivity index (χ2v) is 7.24. The predicted octanol–water partition coefficient (Wildman–Crippen LogP) is 2.20. The van der Waals surface area contributed by atoms with Gasteiger partial charge in [0.15, 0.2) is 0 Å². The van der Waals surface area contributed by atoms with Crippen molar-refractivity contribution in [1.82, 2.24) is 4.72 Å². The first-order valence-corrected chi connectivity index (χ1v) is 8.35. The Bertz CT molecular complexity index is 585. The van der Waals surface area contributed by atoms with Crippen LogP contribution in [0.15, 0.2) is 45.8 Å². The van der Waals surface area contributed by atoms with Gasteiger partial charge in [-0.15, -0.1) is 0 Å². The first kappa shape index (κ1) is 14.7. The second-order valence-electron chi connectivity index (χ2n) is 4.65. The van der Waals surface area contributed by atoms with E-state index in [-0.39, 0.29) is 11.4 Å². The van der Waals surface area contributed by atoms with Crippen molar-refractivity contribution < 1.29 is 13.5 Å². The van der Waals surface area contributed by atoms with Crippen molar-refractivity contribution in [2.75, 3.05) is 6.54 Å². The molecule has 1 aromatic carbocycles. The summed E-state index contributed by atoms with van der Waals surface area (Å²) >= 11 is 3.22. The van der Waals surface area contributed by atoms with Gasteiger partial charge in [0.05, 0.1) is 10.5 Å². The summed E-state index contributed by atoms with van der Waals surface area (Å²) in [5.41, 5.74) is -1.08. The van der Waals surface area contributed by atoms with Crippen LogP contribution in [0.4, 0.5) is 0 Å². The van der Waals surface area contributed by atoms with Crippen LogP contribution in [-0.4, -0.2) is 25.7 Å². The van der Waals surface area contributed by atoms with Crippen molar-refractivity contribution in [1.29, 1.82) is 0 Å². The Morgan fingerprint density at radius 3 is 2.74 bits per heavy atom. The van der Waals surface area contributed by atoms with Crippen molar-refractivity contribution in [3.8, 4) is 0 Å². The average Bonchev–Trinajstić information content (AvgIpc) is 2.38. The summed E-state index contributed by atoms with van der Waals surface area (Å²) < 4.78 is 27.3. The smallest absolute Gasteiger partial charge is 0.241 e. The minimum atomic E-state index is -3.62. The van der Waals surface area contributed by atoms with Gasteiger partial charge in [0.25, 0.3) is 0 Å². The summed E-state index contributed by atoms with van der Waals surface area (Å²) in [5.74, 6) is 0. The monoisotopic (exact) mass is 345 g/mol. The highest BCUT2D eigenvalue weighted by molar-refractivity contribution is 9.10. The van der Waals surface area contributed by atoms with Gasteiger partial charge in [-0.05, 0) is 47.3 Å². The molecule has 0 aliphatic heterocycles. The lowest BCUT2D eigenvalue weighted by atomic mass is 9.91. The molecule has 19 heavy (non-hydrogen) atoms. The molecule has 1 atom stereocenters. The third kappa shape index (κ3) is 3.66. The van der Waals surface area contributed by atoms with Crippen LogP contribution in [-0.2, 0) is 10.0 Å². The summed E-state index contributed by atoms with van der Waals surface area (Å²) in [7, 11) is -3.62. The quantitative estimate of drug-likeness (QED) is 0.822. The van der Waals surface area contributed by atoms with Crippen molar-refractivity contribution in [2.24, 2.45) is 0 Å². The normalized spacial score (nSPS) is 23.5. The van der Waals surface area contributed by atoms with Gasteiger partial charge in [0.2, 0.25) is 10.0 Å². The number of halogens is 1. The van der Waals surface area contributed by atoms with Crippen LogP contribution in [0.1, 0.15) is 19.3 Å². The summed E-state index contributed by atoms with van der Waals surface area (Å²) in [5, 5.41) is 10.2. The van der Waals surface area contributed by atoms with Gasteiger partial charge in [0, 0.05) is 11.0 Å². The molecule has 1 aromatic rings. The van der Waals surface area contributed by atoms with E-state index in [0.29, 0.717) is 10.9 Å². The number of hydrogen-bond donors (Lipinski definition) is 2. The van der Waals surface area contributed by atoms with Crippen molar-refractivity contribution in [3.05, 3.63) is 40.9 Å². The molecule has 2 rings (SSSR count). The highest BCUT2D eigenvalue weighted by atomic mass is 79.9. The highest BCUT2D eigenvalue weighted by Crippen LogP contribution is 2.24. The molecule has 4 nitrogen and oxygen atoms in total. The molecule has 0 radical (unpaired) electrons. The Morgan fingerprint density at radius 1 is 1.37 bits per heavy atom. The molecule has 0 aromatic heterocycles. The lowest BCUT2D eigenvalue weighted by Crippen LogP contribution is -2.42. The van der Waals surface area contributed by atoms with Gasteiger partial charge in [0.1, 0.15) is 0 Å². The maximum Gasteiger partial charge on any atom is 0.241 e. The lowest BCUT2D eigenvalue weighted by molar-refractivity contribution is 0.0797. The van der Waals surface area contributed by atoms with E-state index < -0.39 is 15.6 Å². The molecule has 0 bridgehead atoms. The van der Waals surface area contributed by atoms with Crippen molar-refractivity contribution in [3.63, 3.8) is 0 Å². The van der Waals surface area contributed by atoms with E-state index >= 15 is 0 Å². The maximum atomic E-state index is 12.2. The number of rotatable bonds is 4. The summed E-state index contributed by atoms with van der Waals surface area (Å²) in [6.07, 6.45) is 5.93. The van der Waals surface area contributed by atoms with Crippen LogP contribution in [0.2, 0.25) is 0 Å². The van der Waals surface area contributed by atoms with Crippen molar-refractivity contribution in [2.45, 2.75) is 29.8 Å². The standard InChI is InChI=1S/C13H16BrNO3S/c14-11-6-2-3-7-12(11)19(17,18)15-10-13(16)8-4-1-5-9-13/h2-4,6-8,15-16H,1,5,9-10H2. The first-order chi connectivity index (χ1) is 8.93. The molecular weight excluding hydrogens is 330 g/mol. The van der Waals surface area contributed by atoms with Gasteiger partial charge in [-0.1, -0.05) is 24.3 Å². The Balaban J connectivity index is 2.12. The fourth-order valence-corrected chi connectivity index (χ4v) is 4.12. The van der Waals surface area contributed by atoms with Gasteiger partial charge >= 0.3 is 0 Å². The van der Waals surface area contributed by atoms with Gasteiger partial charge in [-0.2, -0.15) is 0 Å². The molecule has 0 saturated heterocycles. The van der Waals surface area contributed by atoms with E-state index in [1.54, 1.807) is 24.3 Å². The molecule has 1 unspecified atom stereocenters. The second kappa shape index (κ2) is 5.75. The molecule has 0 saturated carbocycles. The Kier molecular flexibility index (Phi) is 4.45. The number of nitrogens with one attached hydrogen (secondary N) is 1. The van der Waals surface area contributed by atoms with Gasteiger partial charge < -0.3 is 5.11 Å². The highest BCUT2D eigenvalue weighted by Gasteiger charge is 2.28. The number of hydrogen-bond acceptors (Lipinski definition) is 3. The Morgan fingerprint density at radius 2 is 2.11 bits per heavy atom. The van der Waals surface area contributed by atoms with E-state index in [1.165, 1.54) is 6.07 Å². The minimum Gasteiger partial charge on any atom is -0.384 e. The molecule has 0 spiro atoms. The molecular formula is C13H16BrNO3S. The van der Waals surface area contributed by atoms with Gasteiger partial charge in [-0.25, -0.2) is 13.1 Å². The minimum absolute atomic E-state index is 0.00678. The molecule has 1 aliphatic carbocycles. The van der Waals surface area contributed by atoms with E-state index in [1.807, 2.05) is 6.08 Å². The Labute approximate surface area is 121 Å². The first-order valence-electron chi connectivity index (χ1n) is 6.07. The molecule has 104 valence electrons. The largest absolute Gasteiger partial charge is 0.384 e. The summed E-state index contributed by atoms with van der Waals surface area (Å²) in [4.78, 5) is 0.179. The molecule has 1 aliphatic rings. The number of aliphatic hydroxyl groups is 1. The van der Waals surface area contributed by atoms with Crippen LogP contribution in [0.3, 0.4) is 0 Å². The SMILES string of the molecule is O=S(=O)(NCC1(O)C=CCCC1)c1ccccc1Br. The van der Waals surface area contributed by atoms with Crippen LogP contribution in [0.5, 0.6) is 0 Å². The van der Waals surface area contributed by atoms with Crippen LogP contribution in [0, 0.1) is 0 Å². The summed E-state index contributed by atoms with van der Waals surface area (Å²) in [6, 6.07) is 6.60. The molecule has 0 amide bonds. The predicted molar refractivity (Wildman–Crippen MR) is 77.3 cm³/mol. The average molecular weight is 346 g/mol. The molecule has 0 fully saturated rings. The maximum absolute atomic E-state index is 12.2. The zero-order valence-electron chi connectivity index (χ0n) is 10.3. The van der Waals surface area contributed by atoms with E-state index in [9.17, 15) is 13.5 Å². The third-order valence-corrected chi connectivity index (χ3v) is 5.52. The topological polar surface area (TPSA) is 66.4 Å². The van der Waals surface area contributed by atoms with Crippen molar-refractivity contribution >= 4 is 26.0 Å². The van der Waals surface area contributed by atoms with E-state index in [0.717, 1.165) is 12.8 Å². The fourth-order valence-electron chi connectivity index (χ4n) is 2.02. The van der Waals surface area contributed by atoms with Crippen LogP contribution < -0.4 is 4.72 Å². The molecule has 6 heteroatoms. The fraction of sp³-hybridized carbons (Fsp3) is 0.385. The number of allylic oxidation sites excluding steroid dienone is 1. The third-order valence-electron chi connectivity index (χ3n) is 3.10. The number of benzene rings is 1. The van der Waals surface area contributed by atoms with E-state index in [2.05, 4.69) is 20.7 Å². The van der Waals surface area contributed by atoms with Gasteiger partial charge in [-0.3, -0.25) is 0 Å². The molecule has 0 heterocycles. The van der Waals surface area contributed by atoms with E-state index in [4.69, 9.17) is 0 Å².